The minimum absolute atomic E-state index is 0.172. The summed E-state index contributed by atoms with van der Waals surface area (Å²) in [6.07, 6.45) is 1.07. The van der Waals surface area contributed by atoms with Crippen LogP contribution in [0.2, 0.25) is 0 Å². The van der Waals surface area contributed by atoms with Gasteiger partial charge in [0.2, 0.25) is 21.8 Å². The van der Waals surface area contributed by atoms with E-state index < -0.39 is 28.5 Å². The van der Waals surface area contributed by atoms with Gasteiger partial charge < -0.3 is 10.2 Å². The van der Waals surface area contributed by atoms with Crippen molar-refractivity contribution in [1.29, 1.82) is 0 Å². The zero-order chi connectivity index (χ0) is 23.3. The van der Waals surface area contributed by atoms with E-state index in [0.29, 0.717) is 5.69 Å². The quantitative estimate of drug-likeness (QED) is 0.592. The summed E-state index contributed by atoms with van der Waals surface area (Å²) in [5.74, 6) is -0.800. The SMILES string of the molecule is CNC(=O)[C@@H](C)N(Cc1ccc(Br)cc1)C(=O)CN(c1cc(C)cc(C)c1)S(C)(=O)=O. The van der Waals surface area contributed by atoms with Gasteiger partial charge in [-0.05, 0) is 61.7 Å². The number of carbonyl (C=O) groups is 2. The van der Waals surface area contributed by atoms with Gasteiger partial charge in [0.15, 0.2) is 0 Å². The predicted octanol–water partition coefficient (Wildman–Crippen LogP) is 3.00. The number of nitrogens with zero attached hydrogens (tertiary/aromatic N) is 2. The molecule has 2 amide bonds. The molecule has 0 bridgehead atoms. The van der Waals surface area contributed by atoms with Gasteiger partial charge in [0.1, 0.15) is 12.6 Å². The fourth-order valence-electron chi connectivity index (χ4n) is 3.29. The standard InChI is InChI=1S/C22H28BrN3O4S/c1-15-10-16(2)12-20(11-15)26(31(5,29)30)14-21(27)25(17(3)22(28)24-4)13-18-6-8-19(23)9-7-18/h6-12,17H,13-14H2,1-5H3,(H,24,28)/t17-/m1/s1. The highest BCUT2D eigenvalue weighted by atomic mass is 79.9. The smallest absolute Gasteiger partial charge is 0.244 e. The van der Waals surface area contributed by atoms with Gasteiger partial charge in [0, 0.05) is 18.1 Å². The molecule has 0 aliphatic carbocycles. The van der Waals surface area contributed by atoms with Crippen LogP contribution in [0.25, 0.3) is 0 Å². The second kappa shape index (κ2) is 10.3. The Hall–Kier alpha value is -2.39. The molecule has 0 saturated heterocycles. The van der Waals surface area contributed by atoms with Gasteiger partial charge in [-0.15, -0.1) is 0 Å². The fourth-order valence-corrected chi connectivity index (χ4v) is 4.38. The summed E-state index contributed by atoms with van der Waals surface area (Å²) in [5.41, 5.74) is 3.03. The van der Waals surface area contributed by atoms with Crippen molar-refractivity contribution in [3.8, 4) is 0 Å². The number of likely N-dealkylation sites (N-methyl/N-ethyl adjacent to an activating group) is 1. The van der Waals surface area contributed by atoms with Crippen LogP contribution in [0.1, 0.15) is 23.6 Å². The van der Waals surface area contributed by atoms with Crippen LogP contribution in [-0.2, 0) is 26.2 Å². The van der Waals surface area contributed by atoms with Crippen LogP contribution in [0.5, 0.6) is 0 Å². The number of benzene rings is 2. The van der Waals surface area contributed by atoms with Crippen molar-refractivity contribution in [2.24, 2.45) is 0 Å². The average molecular weight is 510 g/mol. The summed E-state index contributed by atoms with van der Waals surface area (Å²) in [6.45, 7) is 5.13. The van der Waals surface area contributed by atoms with Gasteiger partial charge >= 0.3 is 0 Å². The molecule has 7 nitrogen and oxygen atoms in total. The maximum atomic E-state index is 13.3. The lowest BCUT2D eigenvalue weighted by atomic mass is 10.1. The monoisotopic (exact) mass is 509 g/mol. The summed E-state index contributed by atoms with van der Waals surface area (Å²) in [6, 6.07) is 12.0. The molecule has 31 heavy (non-hydrogen) atoms. The molecule has 0 fully saturated rings. The molecule has 0 aliphatic heterocycles. The molecule has 9 heteroatoms. The molecule has 1 atom stereocenters. The van der Waals surface area contributed by atoms with E-state index >= 15 is 0 Å². The maximum Gasteiger partial charge on any atom is 0.244 e. The first-order valence-electron chi connectivity index (χ1n) is 9.74. The zero-order valence-corrected chi connectivity index (χ0v) is 20.7. The number of hydrogen-bond donors (Lipinski definition) is 1. The second-order valence-corrected chi connectivity index (χ2v) is 10.4. The van der Waals surface area contributed by atoms with E-state index in [4.69, 9.17) is 0 Å². The Morgan fingerprint density at radius 1 is 1.06 bits per heavy atom. The first kappa shape index (κ1) is 24.9. The molecule has 0 aromatic heterocycles. The maximum absolute atomic E-state index is 13.3. The van der Waals surface area contributed by atoms with Crippen molar-refractivity contribution >= 4 is 43.5 Å². The lowest BCUT2D eigenvalue weighted by molar-refractivity contribution is -0.139. The molecule has 1 N–H and O–H groups in total. The molecule has 2 rings (SSSR count). The molecule has 0 saturated carbocycles. The third kappa shape index (κ3) is 6.80. The minimum atomic E-state index is -3.73. The Balaban J connectivity index is 2.40. The van der Waals surface area contributed by atoms with E-state index in [0.717, 1.165) is 31.7 Å². The van der Waals surface area contributed by atoms with E-state index in [1.807, 2.05) is 44.2 Å². The average Bonchev–Trinajstić information content (AvgIpc) is 2.68. The molecule has 0 unspecified atom stereocenters. The topological polar surface area (TPSA) is 86.8 Å². The third-order valence-corrected chi connectivity index (χ3v) is 6.52. The van der Waals surface area contributed by atoms with Gasteiger partial charge in [-0.1, -0.05) is 34.1 Å². The lowest BCUT2D eigenvalue weighted by Gasteiger charge is -2.31. The Morgan fingerprint density at radius 3 is 2.10 bits per heavy atom. The number of carbonyl (C=O) groups excluding carboxylic acids is 2. The van der Waals surface area contributed by atoms with Crippen molar-refractivity contribution in [1.82, 2.24) is 10.2 Å². The number of sulfonamides is 1. The Labute approximate surface area is 192 Å². The van der Waals surface area contributed by atoms with E-state index in [-0.39, 0.29) is 12.5 Å². The first-order valence-corrected chi connectivity index (χ1v) is 12.4. The van der Waals surface area contributed by atoms with Crippen molar-refractivity contribution in [2.45, 2.75) is 33.4 Å². The van der Waals surface area contributed by atoms with Crippen LogP contribution < -0.4 is 9.62 Å². The molecular formula is C22H28BrN3O4S. The van der Waals surface area contributed by atoms with Gasteiger partial charge in [-0.3, -0.25) is 13.9 Å². The Kier molecular flexibility index (Phi) is 8.25. The van der Waals surface area contributed by atoms with Crippen molar-refractivity contribution in [3.63, 3.8) is 0 Å². The summed E-state index contributed by atoms with van der Waals surface area (Å²) in [4.78, 5) is 27.0. The molecular weight excluding hydrogens is 482 g/mol. The highest BCUT2D eigenvalue weighted by Gasteiger charge is 2.29. The van der Waals surface area contributed by atoms with Crippen LogP contribution >= 0.6 is 15.9 Å². The van der Waals surface area contributed by atoms with Crippen LogP contribution in [0.15, 0.2) is 46.9 Å². The van der Waals surface area contributed by atoms with Crippen LogP contribution in [0.4, 0.5) is 5.69 Å². The molecule has 0 radical (unpaired) electrons. The van der Waals surface area contributed by atoms with Gasteiger partial charge in [0.05, 0.1) is 11.9 Å². The first-order chi connectivity index (χ1) is 14.4. The van der Waals surface area contributed by atoms with Crippen LogP contribution in [0, 0.1) is 13.8 Å². The highest BCUT2D eigenvalue weighted by Crippen LogP contribution is 2.22. The molecule has 2 aromatic rings. The van der Waals surface area contributed by atoms with Crippen molar-refractivity contribution < 1.29 is 18.0 Å². The van der Waals surface area contributed by atoms with Gasteiger partial charge in [-0.25, -0.2) is 8.42 Å². The summed E-state index contributed by atoms with van der Waals surface area (Å²) in [7, 11) is -2.23. The molecule has 2 aromatic carbocycles. The highest BCUT2D eigenvalue weighted by molar-refractivity contribution is 9.10. The van der Waals surface area contributed by atoms with Gasteiger partial charge in [0.25, 0.3) is 0 Å². The Morgan fingerprint density at radius 2 is 1.61 bits per heavy atom. The van der Waals surface area contributed by atoms with Crippen molar-refractivity contribution in [2.75, 3.05) is 24.2 Å². The molecule has 0 heterocycles. The van der Waals surface area contributed by atoms with Crippen molar-refractivity contribution in [3.05, 3.63) is 63.6 Å². The lowest BCUT2D eigenvalue weighted by Crippen LogP contribution is -2.50. The number of halogens is 1. The third-order valence-electron chi connectivity index (χ3n) is 4.85. The van der Waals surface area contributed by atoms with E-state index in [1.54, 1.807) is 19.1 Å². The summed E-state index contributed by atoms with van der Waals surface area (Å²) < 4.78 is 27.1. The van der Waals surface area contributed by atoms with E-state index in [2.05, 4.69) is 21.2 Å². The zero-order valence-electron chi connectivity index (χ0n) is 18.3. The summed E-state index contributed by atoms with van der Waals surface area (Å²) >= 11 is 3.38. The van der Waals surface area contributed by atoms with Gasteiger partial charge in [-0.2, -0.15) is 0 Å². The number of nitrogens with one attached hydrogen (secondary N) is 1. The Bertz CT molecular complexity index is 1030. The number of amides is 2. The largest absolute Gasteiger partial charge is 0.357 e. The number of anilines is 1. The molecule has 168 valence electrons. The van der Waals surface area contributed by atoms with E-state index in [9.17, 15) is 18.0 Å². The van der Waals surface area contributed by atoms with Crippen LogP contribution in [-0.4, -0.2) is 51.0 Å². The second-order valence-electron chi connectivity index (χ2n) is 7.55. The molecule has 0 spiro atoms. The number of rotatable bonds is 8. The molecule has 0 aliphatic rings. The normalized spacial score (nSPS) is 12.2. The summed E-state index contributed by atoms with van der Waals surface area (Å²) in [5, 5.41) is 2.55. The minimum Gasteiger partial charge on any atom is -0.357 e. The number of hydrogen-bond acceptors (Lipinski definition) is 4. The number of aryl methyl sites for hydroxylation is 2. The van der Waals surface area contributed by atoms with Crippen LogP contribution in [0.3, 0.4) is 0 Å². The fraction of sp³-hybridized carbons (Fsp3) is 0.364. The predicted molar refractivity (Wildman–Crippen MR) is 126 cm³/mol. The van der Waals surface area contributed by atoms with E-state index in [1.165, 1.54) is 11.9 Å².